The molecule has 0 saturated carbocycles. The second-order valence-corrected chi connectivity index (χ2v) is 4.16. The van der Waals surface area contributed by atoms with Crippen LogP contribution in [-0.4, -0.2) is 19.9 Å². The molecule has 2 rings (SSSR count). The molecule has 4 heteroatoms. The van der Waals surface area contributed by atoms with Crippen LogP contribution in [0.5, 0.6) is 0 Å². The predicted octanol–water partition coefficient (Wildman–Crippen LogP) is 1.88. The van der Waals surface area contributed by atoms with Crippen molar-refractivity contribution in [1.82, 2.24) is 14.8 Å². The van der Waals surface area contributed by atoms with E-state index in [1.807, 2.05) is 37.0 Å². The molecule has 0 saturated heterocycles. The molecule has 0 aliphatic carbocycles. The van der Waals surface area contributed by atoms with Crippen LogP contribution in [-0.2, 0) is 13.0 Å². The van der Waals surface area contributed by atoms with E-state index in [9.17, 15) is 5.11 Å². The fourth-order valence-electron chi connectivity index (χ4n) is 1.88. The highest BCUT2D eigenvalue weighted by atomic mass is 16.3. The summed E-state index contributed by atoms with van der Waals surface area (Å²) in [5.41, 5.74) is 3.00. The summed E-state index contributed by atoms with van der Waals surface area (Å²) in [6.45, 7) is 4.85. The molecule has 1 atom stereocenters. The Balaban J connectivity index is 2.11. The van der Waals surface area contributed by atoms with Crippen LogP contribution in [0.15, 0.2) is 30.9 Å². The monoisotopic (exact) mass is 231 g/mol. The van der Waals surface area contributed by atoms with Gasteiger partial charge in [0.2, 0.25) is 0 Å². The topological polar surface area (TPSA) is 50.9 Å². The van der Waals surface area contributed by atoms with Crippen molar-refractivity contribution in [3.05, 3.63) is 47.5 Å². The van der Waals surface area contributed by atoms with E-state index >= 15 is 0 Å². The van der Waals surface area contributed by atoms with E-state index in [-0.39, 0.29) is 0 Å². The zero-order valence-electron chi connectivity index (χ0n) is 10.2. The van der Waals surface area contributed by atoms with Crippen molar-refractivity contribution in [2.45, 2.75) is 32.9 Å². The van der Waals surface area contributed by atoms with E-state index in [0.29, 0.717) is 6.42 Å². The second kappa shape index (κ2) is 5.10. The van der Waals surface area contributed by atoms with Crippen LogP contribution in [0.25, 0.3) is 0 Å². The first kappa shape index (κ1) is 11.8. The van der Waals surface area contributed by atoms with Crippen molar-refractivity contribution in [3.63, 3.8) is 0 Å². The molecule has 0 fully saturated rings. The quantitative estimate of drug-likeness (QED) is 0.874. The predicted molar refractivity (Wildman–Crippen MR) is 65.5 cm³/mol. The first-order chi connectivity index (χ1) is 8.20. The highest BCUT2D eigenvalue weighted by Crippen LogP contribution is 2.20. The Bertz CT molecular complexity index is 493. The summed E-state index contributed by atoms with van der Waals surface area (Å²) in [5, 5.41) is 14.4. The van der Waals surface area contributed by atoms with Gasteiger partial charge in [-0.15, -0.1) is 0 Å². The average Bonchev–Trinajstić information content (AvgIpc) is 2.77. The Morgan fingerprint density at radius 3 is 2.88 bits per heavy atom. The number of aliphatic hydroxyl groups is 1. The standard InChI is InChI=1S/C13H17N3O/c1-3-16-9-11(8-15-16)6-13(17)12-4-5-14-7-10(12)2/h4-5,7-9,13,17H,3,6H2,1-2H3. The first-order valence-corrected chi connectivity index (χ1v) is 5.80. The fourth-order valence-corrected chi connectivity index (χ4v) is 1.88. The number of nitrogens with zero attached hydrogens (tertiary/aromatic N) is 3. The molecule has 0 amide bonds. The van der Waals surface area contributed by atoms with E-state index in [1.165, 1.54) is 0 Å². The van der Waals surface area contributed by atoms with Crippen molar-refractivity contribution >= 4 is 0 Å². The molecule has 90 valence electrons. The maximum absolute atomic E-state index is 10.2. The van der Waals surface area contributed by atoms with Crippen LogP contribution in [0.2, 0.25) is 0 Å². The van der Waals surface area contributed by atoms with E-state index in [4.69, 9.17) is 0 Å². The largest absolute Gasteiger partial charge is 0.388 e. The molecule has 2 aromatic rings. The summed E-state index contributed by atoms with van der Waals surface area (Å²) >= 11 is 0. The fraction of sp³-hybridized carbons (Fsp3) is 0.385. The van der Waals surface area contributed by atoms with Gasteiger partial charge < -0.3 is 5.11 Å². The summed E-state index contributed by atoms with van der Waals surface area (Å²) in [6, 6.07) is 1.87. The molecular formula is C13H17N3O. The lowest BCUT2D eigenvalue weighted by Gasteiger charge is -2.11. The Labute approximate surface area is 101 Å². The summed E-state index contributed by atoms with van der Waals surface area (Å²) < 4.78 is 1.86. The van der Waals surface area contributed by atoms with Gasteiger partial charge in [-0.25, -0.2) is 0 Å². The normalized spacial score (nSPS) is 12.6. The van der Waals surface area contributed by atoms with Crippen molar-refractivity contribution in [1.29, 1.82) is 0 Å². The third-order valence-corrected chi connectivity index (χ3v) is 2.86. The highest BCUT2D eigenvalue weighted by molar-refractivity contribution is 5.25. The van der Waals surface area contributed by atoms with Crippen molar-refractivity contribution in [2.75, 3.05) is 0 Å². The van der Waals surface area contributed by atoms with E-state index in [1.54, 1.807) is 12.4 Å². The average molecular weight is 231 g/mol. The smallest absolute Gasteiger partial charge is 0.0835 e. The molecule has 4 nitrogen and oxygen atoms in total. The molecule has 0 spiro atoms. The first-order valence-electron chi connectivity index (χ1n) is 5.80. The highest BCUT2D eigenvalue weighted by Gasteiger charge is 2.12. The van der Waals surface area contributed by atoms with Gasteiger partial charge >= 0.3 is 0 Å². The molecule has 2 aromatic heterocycles. The molecule has 2 heterocycles. The van der Waals surface area contributed by atoms with Gasteiger partial charge in [0.05, 0.1) is 12.3 Å². The minimum absolute atomic E-state index is 0.493. The van der Waals surface area contributed by atoms with Gasteiger partial charge in [0, 0.05) is 31.6 Å². The Morgan fingerprint density at radius 1 is 1.41 bits per heavy atom. The van der Waals surface area contributed by atoms with Gasteiger partial charge in [-0.05, 0) is 36.6 Å². The van der Waals surface area contributed by atoms with Crippen molar-refractivity contribution in [2.24, 2.45) is 0 Å². The minimum Gasteiger partial charge on any atom is -0.388 e. The molecular weight excluding hydrogens is 214 g/mol. The number of hydrogen-bond donors (Lipinski definition) is 1. The van der Waals surface area contributed by atoms with E-state index in [0.717, 1.165) is 23.2 Å². The Kier molecular flexibility index (Phi) is 3.54. The van der Waals surface area contributed by atoms with Gasteiger partial charge in [-0.3, -0.25) is 9.67 Å². The van der Waals surface area contributed by atoms with Gasteiger partial charge in [-0.1, -0.05) is 0 Å². The van der Waals surface area contributed by atoms with Gasteiger partial charge in [0.25, 0.3) is 0 Å². The summed E-state index contributed by atoms with van der Waals surface area (Å²) in [4.78, 5) is 4.02. The van der Waals surface area contributed by atoms with Crippen LogP contribution in [0.1, 0.15) is 29.7 Å². The van der Waals surface area contributed by atoms with Gasteiger partial charge in [0.1, 0.15) is 0 Å². The van der Waals surface area contributed by atoms with Crippen LogP contribution < -0.4 is 0 Å². The number of rotatable bonds is 4. The third-order valence-electron chi connectivity index (χ3n) is 2.86. The maximum Gasteiger partial charge on any atom is 0.0835 e. The third kappa shape index (κ3) is 2.71. The van der Waals surface area contributed by atoms with E-state index in [2.05, 4.69) is 10.1 Å². The summed E-state index contributed by atoms with van der Waals surface area (Å²) in [6.07, 6.45) is 7.36. The lowest BCUT2D eigenvalue weighted by Crippen LogP contribution is -2.03. The molecule has 0 aliphatic rings. The number of aryl methyl sites for hydroxylation is 2. The Morgan fingerprint density at radius 2 is 2.24 bits per heavy atom. The maximum atomic E-state index is 10.2. The molecule has 0 radical (unpaired) electrons. The van der Waals surface area contributed by atoms with Crippen LogP contribution in [0.4, 0.5) is 0 Å². The Hall–Kier alpha value is -1.68. The minimum atomic E-state index is -0.493. The lowest BCUT2D eigenvalue weighted by molar-refractivity contribution is 0.177. The van der Waals surface area contributed by atoms with Crippen LogP contribution in [0, 0.1) is 6.92 Å². The summed E-state index contributed by atoms with van der Waals surface area (Å²) in [5.74, 6) is 0. The lowest BCUT2D eigenvalue weighted by atomic mass is 10.0. The molecule has 1 unspecified atom stereocenters. The number of pyridine rings is 1. The zero-order chi connectivity index (χ0) is 12.3. The molecule has 0 aromatic carbocycles. The molecule has 17 heavy (non-hydrogen) atoms. The SMILES string of the molecule is CCn1cc(CC(O)c2ccncc2C)cn1. The van der Waals surface area contributed by atoms with Gasteiger partial charge in [0.15, 0.2) is 0 Å². The number of hydrogen-bond acceptors (Lipinski definition) is 3. The van der Waals surface area contributed by atoms with Crippen molar-refractivity contribution < 1.29 is 5.11 Å². The van der Waals surface area contributed by atoms with Gasteiger partial charge in [-0.2, -0.15) is 5.10 Å². The van der Waals surface area contributed by atoms with Crippen molar-refractivity contribution in [3.8, 4) is 0 Å². The molecule has 1 N–H and O–H groups in total. The zero-order valence-corrected chi connectivity index (χ0v) is 10.2. The molecule has 0 bridgehead atoms. The summed E-state index contributed by atoms with van der Waals surface area (Å²) in [7, 11) is 0. The second-order valence-electron chi connectivity index (χ2n) is 4.16. The molecule has 0 aliphatic heterocycles. The number of aromatic nitrogens is 3. The number of aliphatic hydroxyl groups excluding tert-OH is 1. The van der Waals surface area contributed by atoms with Crippen LogP contribution in [0.3, 0.4) is 0 Å². The van der Waals surface area contributed by atoms with E-state index < -0.39 is 6.10 Å². The van der Waals surface area contributed by atoms with Crippen LogP contribution >= 0.6 is 0 Å².